The highest BCUT2D eigenvalue weighted by Gasteiger charge is 2.26. The zero-order valence-electron chi connectivity index (χ0n) is 14.8. The molecule has 7 heteroatoms. The third kappa shape index (κ3) is 4.04. The first-order chi connectivity index (χ1) is 12.5. The summed E-state index contributed by atoms with van der Waals surface area (Å²) < 4.78 is 19.2. The molecular weight excluding hydrogens is 371 g/mol. The molecule has 0 unspecified atom stereocenters. The van der Waals surface area contributed by atoms with Gasteiger partial charge in [0.15, 0.2) is 5.11 Å². The summed E-state index contributed by atoms with van der Waals surface area (Å²) >= 11 is 6.87. The molecule has 3 rings (SSSR count). The average Bonchev–Trinajstić information content (AvgIpc) is 2.96. The number of hydrogen-bond acceptors (Lipinski definition) is 4. The summed E-state index contributed by atoms with van der Waals surface area (Å²) in [5, 5.41) is 6.87. The van der Waals surface area contributed by atoms with Crippen molar-refractivity contribution in [3.63, 3.8) is 0 Å². The summed E-state index contributed by atoms with van der Waals surface area (Å²) in [6.45, 7) is 3.99. The van der Waals surface area contributed by atoms with Crippen LogP contribution >= 0.6 is 23.6 Å². The fourth-order valence-electron chi connectivity index (χ4n) is 3.06. The number of aryl methyl sites for hydroxylation is 2. The number of carbonyl (C=O) groups is 1. The first-order valence-electron chi connectivity index (χ1n) is 8.65. The number of nitrogens with one attached hydrogen (secondary N) is 2. The van der Waals surface area contributed by atoms with E-state index >= 15 is 0 Å². The van der Waals surface area contributed by atoms with Crippen LogP contribution in [-0.4, -0.2) is 17.7 Å². The molecule has 1 aromatic carbocycles. The van der Waals surface area contributed by atoms with Crippen LogP contribution in [-0.2, 0) is 17.6 Å². The van der Waals surface area contributed by atoms with Crippen LogP contribution < -0.4 is 10.6 Å². The second-order valence-corrected chi connectivity index (χ2v) is 7.71. The molecule has 26 heavy (non-hydrogen) atoms. The van der Waals surface area contributed by atoms with Gasteiger partial charge < -0.3 is 15.4 Å². The van der Waals surface area contributed by atoms with Gasteiger partial charge in [-0.25, -0.2) is 9.18 Å². The van der Waals surface area contributed by atoms with Crippen LogP contribution in [0, 0.1) is 12.7 Å². The number of rotatable bonds is 4. The van der Waals surface area contributed by atoms with Gasteiger partial charge in [0.25, 0.3) is 0 Å². The van der Waals surface area contributed by atoms with Crippen molar-refractivity contribution in [3.05, 3.63) is 45.6 Å². The third-order valence-electron chi connectivity index (χ3n) is 4.25. The van der Waals surface area contributed by atoms with Gasteiger partial charge in [0, 0.05) is 4.88 Å². The molecule has 2 N–H and O–H groups in total. The van der Waals surface area contributed by atoms with Gasteiger partial charge in [-0.05, 0) is 75.0 Å². The van der Waals surface area contributed by atoms with Crippen LogP contribution in [0.15, 0.2) is 18.2 Å². The van der Waals surface area contributed by atoms with Gasteiger partial charge in [-0.2, -0.15) is 0 Å². The number of fused-ring (bicyclic) bond motifs is 1. The lowest BCUT2D eigenvalue weighted by Gasteiger charge is -2.13. The molecule has 0 bridgehead atoms. The van der Waals surface area contributed by atoms with Crippen molar-refractivity contribution in [1.82, 2.24) is 0 Å². The standard InChI is InChI=1S/C19H21FN2O2S2/c1-3-24-18(23)16-12-6-4-5-7-15(12)26-17(16)22-19(25)21-14-10-11(2)8-9-13(14)20/h8-10H,3-7H2,1-2H3,(H2,21,22,25). The van der Waals surface area contributed by atoms with E-state index in [1.807, 2.05) is 6.92 Å². The van der Waals surface area contributed by atoms with Crippen molar-refractivity contribution in [2.45, 2.75) is 39.5 Å². The van der Waals surface area contributed by atoms with Gasteiger partial charge in [0.1, 0.15) is 10.8 Å². The summed E-state index contributed by atoms with van der Waals surface area (Å²) in [5.74, 6) is -0.713. The molecule has 0 spiro atoms. The van der Waals surface area contributed by atoms with Gasteiger partial charge in [-0.3, -0.25) is 0 Å². The van der Waals surface area contributed by atoms with Crippen molar-refractivity contribution in [2.24, 2.45) is 0 Å². The Morgan fingerprint density at radius 3 is 2.85 bits per heavy atom. The number of halogens is 1. The van der Waals surface area contributed by atoms with E-state index in [2.05, 4.69) is 10.6 Å². The van der Waals surface area contributed by atoms with E-state index in [0.29, 0.717) is 22.9 Å². The first-order valence-corrected chi connectivity index (χ1v) is 9.88. The van der Waals surface area contributed by atoms with Crippen LogP contribution in [0.2, 0.25) is 0 Å². The minimum absolute atomic E-state index is 0.249. The average molecular weight is 393 g/mol. The largest absolute Gasteiger partial charge is 0.462 e. The maximum absolute atomic E-state index is 13.9. The Morgan fingerprint density at radius 1 is 1.31 bits per heavy atom. The SMILES string of the molecule is CCOC(=O)c1c(NC(=S)Nc2cc(C)ccc2F)sc2c1CCCC2. The number of carbonyl (C=O) groups excluding carboxylic acids is 1. The Bertz CT molecular complexity index is 848. The van der Waals surface area contributed by atoms with Gasteiger partial charge in [0.2, 0.25) is 0 Å². The molecule has 4 nitrogen and oxygen atoms in total. The maximum atomic E-state index is 13.9. The van der Waals surface area contributed by atoms with E-state index in [9.17, 15) is 9.18 Å². The molecule has 138 valence electrons. The number of anilines is 2. The lowest BCUT2D eigenvalue weighted by molar-refractivity contribution is 0.0526. The molecule has 1 aliphatic carbocycles. The van der Waals surface area contributed by atoms with Crippen LogP contribution in [0.25, 0.3) is 0 Å². The minimum atomic E-state index is -0.379. The van der Waals surface area contributed by atoms with E-state index < -0.39 is 0 Å². The van der Waals surface area contributed by atoms with Gasteiger partial charge in [-0.1, -0.05) is 6.07 Å². The van der Waals surface area contributed by atoms with Crippen molar-refractivity contribution >= 4 is 45.3 Å². The Hall–Kier alpha value is -1.99. The Kier molecular flexibility index (Phi) is 5.88. The molecular formula is C19H21FN2O2S2. The number of esters is 1. The molecule has 1 heterocycles. The molecule has 0 fully saturated rings. The molecule has 2 aromatic rings. The molecule has 0 saturated heterocycles. The molecule has 0 aliphatic heterocycles. The molecule has 0 atom stereocenters. The highest BCUT2D eigenvalue weighted by Crippen LogP contribution is 2.38. The lowest BCUT2D eigenvalue weighted by Crippen LogP contribution is -2.21. The zero-order valence-corrected chi connectivity index (χ0v) is 16.4. The van der Waals surface area contributed by atoms with E-state index in [1.165, 1.54) is 22.3 Å². The van der Waals surface area contributed by atoms with Crippen molar-refractivity contribution in [1.29, 1.82) is 0 Å². The van der Waals surface area contributed by atoms with Gasteiger partial charge >= 0.3 is 5.97 Å². The molecule has 1 aliphatic rings. The normalized spacial score (nSPS) is 13.0. The summed E-state index contributed by atoms with van der Waals surface area (Å²) in [7, 11) is 0. The second-order valence-electron chi connectivity index (χ2n) is 6.20. The van der Waals surface area contributed by atoms with Crippen LogP contribution in [0.5, 0.6) is 0 Å². The maximum Gasteiger partial charge on any atom is 0.341 e. The number of thiophene rings is 1. The molecule has 0 radical (unpaired) electrons. The van der Waals surface area contributed by atoms with E-state index in [-0.39, 0.29) is 16.9 Å². The van der Waals surface area contributed by atoms with Crippen LogP contribution in [0.3, 0.4) is 0 Å². The fourth-order valence-corrected chi connectivity index (χ4v) is 4.62. The Morgan fingerprint density at radius 2 is 2.08 bits per heavy atom. The predicted octanol–water partition coefficient (Wildman–Crippen LogP) is 5.06. The fraction of sp³-hybridized carbons (Fsp3) is 0.368. The highest BCUT2D eigenvalue weighted by molar-refractivity contribution is 7.80. The number of benzene rings is 1. The Balaban J connectivity index is 1.84. The smallest absolute Gasteiger partial charge is 0.341 e. The second kappa shape index (κ2) is 8.14. The zero-order chi connectivity index (χ0) is 18.7. The number of hydrogen-bond donors (Lipinski definition) is 2. The summed E-state index contributed by atoms with van der Waals surface area (Å²) in [6.07, 6.45) is 4.01. The molecule has 1 aromatic heterocycles. The first kappa shape index (κ1) is 18.8. The topological polar surface area (TPSA) is 50.4 Å². The summed E-state index contributed by atoms with van der Waals surface area (Å²) in [6, 6.07) is 4.78. The Labute approximate surface area is 161 Å². The van der Waals surface area contributed by atoms with E-state index in [4.69, 9.17) is 17.0 Å². The van der Waals surface area contributed by atoms with Crippen molar-refractivity contribution in [2.75, 3.05) is 17.2 Å². The summed E-state index contributed by atoms with van der Waals surface area (Å²) in [5.41, 5.74) is 2.86. The van der Waals surface area contributed by atoms with E-state index in [0.717, 1.165) is 36.8 Å². The molecule has 0 saturated carbocycles. The van der Waals surface area contributed by atoms with Gasteiger partial charge in [0.05, 0.1) is 17.9 Å². The van der Waals surface area contributed by atoms with E-state index in [1.54, 1.807) is 19.1 Å². The summed E-state index contributed by atoms with van der Waals surface area (Å²) in [4.78, 5) is 13.7. The predicted molar refractivity (Wildman–Crippen MR) is 108 cm³/mol. The quantitative estimate of drug-likeness (QED) is 0.563. The minimum Gasteiger partial charge on any atom is -0.462 e. The monoisotopic (exact) mass is 392 g/mol. The highest BCUT2D eigenvalue weighted by atomic mass is 32.1. The van der Waals surface area contributed by atoms with Crippen molar-refractivity contribution in [3.8, 4) is 0 Å². The lowest BCUT2D eigenvalue weighted by atomic mass is 9.95. The number of thiocarbonyl (C=S) groups is 1. The van der Waals surface area contributed by atoms with Crippen LogP contribution in [0.4, 0.5) is 15.1 Å². The van der Waals surface area contributed by atoms with Crippen LogP contribution in [0.1, 0.15) is 46.1 Å². The van der Waals surface area contributed by atoms with Gasteiger partial charge in [-0.15, -0.1) is 11.3 Å². The molecule has 0 amide bonds. The number of ether oxygens (including phenoxy) is 1. The third-order valence-corrected chi connectivity index (χ3v) is 5.66. The van der Waals surface area contributed by atoms with Crippen molar-refractivity contribution < 1.29 is 13.9 Å².